The van der Waals surface area contributed by atoms with Crippen molar-refractivity contribution in [3.05, 3.63) is 47.9 Å². The van der Waals surface area contributed by atoms with E-state index < -0.39 is 0 Å². The van der Waals surface area contributed by atoms with Crippen molar-refractivity contribution in [1.82, 2.24) is 15.4 Å². The molecule has 2 atom stereocenters. The molecule has 6 nitrogen and oxygen atoms in total. The number of para-hydroxylation sites is 1. The van der Waals surface area contributed by atoms with Crippen molar-refractivity contribution in [2.24, 2.45) is 17.3 Å². The third-order valence-corrected chi connectivity index (χ3v) is 8.45. The van der Waals surface area contributed by atoms with Crippen molar-refractivity contribution >= 4 is 11.6 Å². The molecule has 2 aromatic rings. The Balaban J connectivity index is 1.08. The van der Waals surface area contributed by atoms with Gasteiger partial charge in [-0.25, -0.2) is 0 Å². The number of aromatic nitrogens is 1. The zero-order valence-electron chi connectivity index (χ0n) is 20.1. The summed E-state index contributed by atoms with van der Waals surface area (Å²) in [6, 6.07) is 13.1. The number of carbonyl (C=O) groups excluding carboxylic acids is 1. The summed E-state index contributed by atoms with van der Waals surface area (Å²) in [4.78, 5) is 17.4. The zero-order chi connectivity index (χ0) is 22.8. The molecule has 3 fully saturated rings. The van der Waals surface area contributed by atoms with E-state index in [4.69, 9.17) is 4.52 Å². The Morgan fingerprint density at radius 2 is 1.85 bits per heavy atom. The van der Waals surface area contributed by atoms with Crippen LogP contribution in [0.5, 0.6) is 0 Å². The second-order valence-corrected chi connectivity index (χ2v) is 10.9. The number of nitrogens with zero attached hydrogens (tertiary/aromatic N) is 3. The lowest BCUT2D eigenvalue weighted by molar-refractivity contribution is -0.129. The first-order chi connectivity index (χ1) is 16.0. The Bertz CT molecular complexity index is 927. The fourth-order valence-corrected chi connectivity index (χ4v) is 5.89. The van der Waals surface area contributed by atoms with Crippen LogP contribution in [0.15, 0.2) is 40.9 Å². The number of nitrogens with one attached hydrogen (secondary N) is 1. The number of benzene rings is 1. The number of hydrogen-bond acceptors (Lipinski definition) is 5. The molecule has 3 aliphatic rings. The van der Waals surface area contributed by atoms with Gasteiger partial charge in [0.1, 0.15) is 0 Å². The smallest absolute Gasteiger partial charge is 0.223 e. The van der Waals surface area contributed by atoms with Gasteiger partial charge in [0.05, 0.1) is 12.2 Å². The van der Waals surface area contributed by atoms with Crippen molar-refractivity contribution in [2.75, 3.05) is 31.1 Å². The van der Waals surface area contributed by atoms with Gasteiger partial charge in [0.2, 0.25) is 5.91 Å². The average molecular weight is 451 g/mol. The van der Waals surface area contributed by atoms with Crippen LogP contribution in [-0.4, -0.2) is 48.2 Å². The molecule has 2 heterocycles. The number of anilines is 1. The van der Waals surface area contributed by atoms with E-state index >= 15 is 0 Å². The highest BCUT2D eigenvalue weighted by Crippen LogP contribution is 2.48. The summed E-state index contributed by atoms with van der Waals surface area (Å²) < 4.78 is 5.70. The molecule has 1 N–H and O–H groups in total. The standard InChI is InChI=1S/C27H38N4O2/c1-27(2)21(17-25(27)28-26(32)20-8-6-7-9-20)16-22-18-24(33-29-22)19-30-12-14-31(15-13-30)23-10-4-3-5-11-23/h3-5,10-11,18,20-21,25H,6-9,12-17,19H2,1-2H3,(H,28,32)/t21-,25+/m1/s1. The Labute approximate surface area is 197 Å². The summed E-state index contributed by atoms with van der Waals surface area (Å²) in [7, 11) is 0. The van der Waals surface area contributed by atoms with Crippen LogP contribution in [-0.2, 0) is 17.8 Å². The van der Waals surface area contributed by atoms with Gasteiger partial charge >= 0.3 is 0 Å². The lowest BCUT2D eigenvalue weighted by Crippen LogP contribution is -2.59. The highest BCUT2D eigenvalue weighted by Gasteiger charge is 2.49. The van der Waals surface area contributed by atoms with E-state index in [-0.39, 0.29) is 23.3 Å². The zero-order valence-corrected chi connectivity index (χ0v) is 20.1. The fraction of sp³-hybridized carbons (Fsp3) is 0.630. The molecule has 0 spiro atoms. The molecular weight excluding hydrogens is 412 g/mol. The third kappa shape index (κ3) is 4.96. The Morgan fingerprint density at radius 1 is 1.12 bits per heavy atom. The predicted molar refractivity (Wildman–Crippen MR) is 130 cm³/mol. The monoisotopic (exact) mass is 450 g/mol. The van der Waals surface area contributed by atoms with Gasteiger partial charge in [-0.05, 0) is 49.1 Å². The van der Waals surface area contributed by atoms with Crippen LogP contribution in [0.4, 0.5) is 5.69 Å². The van der Waals surface area contributed by atoms with Crippen LogP contribution < -0.4 is 10.2 Å². The van der Waals surface area contributed by atoms with Gasteiger partial charge in [0, 0.05) is 49.9 Å². The fourth-order valence-electron chi connectivity index (χ4n) is 5.89. The summed E-state index contributed by atoms with van der Waals surface area (Å²) in [5, 5.41) is 7.73. The molecule has 5 rings (SSSR count). The van der Waals surface area contributed by atoms with E-state index in [1.165, 1.54) is 18.5 Å². The number of carbonyl (C=O) groups is 1. The first-order valence-corrected chi connectivity index (χ1v) is 12.8. The highest BCUT2D eigenvalue weighted by atomic mass is 16.5. The molecular formula is C27H38N4O2. The van der Waals surface area contributed by atoms with Crippen LogP contribution in [0.2, 0.25) is 0 Å². The first kappa shape index (κ1) is 22.5. The molecule has 178 valence electrons. The number of rotatable bonds is 7. The van der Waals surface area contributed by atoms with E-state index in [0.29, 0.717) is 5.92 Å². The molecule has 0 bridgehead atoms. The number of hydrogen-bond donors (Lipinski definition) is 1. The molecule has 2 saturated carbocycles. The number of amides is 1. The topological polar surface area (TPSA) is 61.6 Å². The summed E-state index contributed by atoms with van der Waals surface area (Å²) in [5.74, 6) is 2.01. The van der Waals surface area contributed by atoms with Gasteiger partial charge < -0.3 is 14.7 Å². The van der Waals surface area contributed by atoms with Gasteiger partial charge in [0.25, 0.3) is 0 Å². The second kappa shape index (κ2) is 9.49. The third-order valence-electron chi connectivity index (χ3n) is 8.45. The summed E-state index contributed by atoms with van der Waals surface area (Å²) in [6.45, 7) is 9.53. The van der Waals surface area contributed by atoms with Crippen LogP contribution in [0, 0.1) is 17.3 Å². The molecule has 1 aromatic heterocycles. The maximum absolute atomic E-state index is 12.5. The molecule has 33 heavy (non-hydrogen) atoms. The molecule has 1 aromatic carbocycles. The van der Waals surface area contributed by atoms with Crippen molar-refractivity contribution < 1.29 is 9.32 Å². The largest absolute Gasteiger partial charge is 0.369 e. The SMILES string of the molecule is CC1(C)[C@H](Cc2cc(CN3CCN(c4ccccc4)CC3)on2)C[C@@H]1NC(=O)C1CCCC1. The molecule has 1 amide bonds. The molecule has 6 heteroatoms. The molecule has 1 aliphatic heterocycles. The Morgan fingerprint density at radius 3 is 2.55 bits per heavy atom. The average Bonchev–Trinajstić information content (AvgIpc) is 3.52. The Kier molecular flexibility index (Phi) is 6.46. The van der Waals surface area contributed by atoms with E-state index in [1.807, 2.05) is 0 Å². The van der Waals surface area contributed by atoms with E-state index in [1.54, 1.807) is 0 Å². The minimum atomic E-state index is 0.0984. The van der Waals surface area contributed by atoms with E-state index in [2.05, 4.69) is 70.5 Å². The van der Waals surface area contributed by atoms with Gasteiger partial charge in [-0.3, -0.25) is 9.69 Å². The minimum Gasteiger partial charge on any atom is -0.369 e. The quantitative estimate of drug-likeness (QED) is 0.683. The lowest BCUT2D eigenvalue weighted by atomic mass is 9.57. The second-order valence-electron chi connectivity index (χ2n) is 10.9. The maximum Gasteiger partial charge on any atom is 0.223 e. The summed E-state index contributed by atoms with van der Waals surface area (Å²) in [5.41, 5.74) is 2.45. The van der Waals surface area contributed by atoms with Crippen molar-refractivity contribution in [3.63, 3.8) is 0 Å². The van der Waals surface area contributed by atoms with Crippen LogP contribution in [0.3, 0.4) is 0 Å². The normalized spacial score (nSPS) is 25.7. The van der Waals surface area contributed by atoms with Crippen LogP contribution in [0.1, 0.15) is 57.4 Å². The maximum atomic E-state index is 12.5. The van der Waals surface area contributed by atoms with Gasteiger partial charge in [-0.2, -0.15) is 0 Å². The highest BCUT2D eigenvalue weighted by molar-refractivity contribution is 5.79. The lowest BCUT2D eigenvalue weighted by Gasteiger charge is -2.52. The molecule has 0 radical (unpaired) electrons. The summed E-state index contributed by atoms with van der Waals surface area (Å²) in [6.07, 6.45) is 6.48. The van der Waals surface area contributed by atoms with Crippen molar-refractivity contribution in [1.29, 1.82) is 0 Å². The first-order valence-electron chi connectivity index (χ1n) is 12.8. The number of piperazine rings is 1. The molecule has 0 unspecified atom stereocenters. The van der Waals surface area contributed by atoms with E-state index in [9.17, 15) is 4.79 Å². The summed E-state index contributed by atoms with van der Waals surface area (Å²) >= 11 is 0. The van der Waals surface area contributed by atoms with Gasteiger partial charge in [0.15, 0.2) is 5.76 Å². The van der Waals surface area contributed by atoms with Gasteiger partial charge in [-0.1, -0.05) is 50.0 Å². The van der Waals surface area contributed by atoms with Crippen LogP contribution >= 0.6 is 0 Å². The van der Waals surface area contributed by atoms with Crippen molar-refractivity contribution in [2.45, 2.75) is 65.0 Å². The minimum absolute atomic E-state index is 0.0984. The van der Waals surface area contributed by atoms with E-state index in [0.717, 1.165) is 69.9 Å². The molecule has 2 aliphatic carbocycles. The predicted octanol–water partition coefficient (Wildman–Crippen LogP) is 4.26. The molecule has 1 saturated heterocycles. The Hall–Kier alpha value is -2.34. The van der Waals surface area contributed by atoms with Crippen LogP contribution in [0.25, 0.3) is 0 Å². The van der Waals surface area contributed by atoms with Gasteiger partial charge in [-0.15, -0.1) is 0 Å². The van der Waals surface area contributed by atoms with Crippen molar-refractivity contribution in [3.8, 4) is 0 Å².